The Bertz CT molecular complexity index is 1130. The van der Waals surface area contributed by atoms with Crippen LogP contribution in [0.25, 0.3) is 32.5 Å². The number of thiazole rings is 1. The van der Waals surface area contributed by atoms with E-state index in [9.17, 15) is 4.79 Å². The van der Waals surface area contributed by atoms with Crippen molar-refractivity contribution in [2.24, 2.45) is 0 Å². The summed E-state index contributed by atoms with van der Waals surface area (Å²) in [6, 6.07) is 7.61. The van der Waals surface area contributed by atoms with Crippen LogP contribution < -0.4 is 16.4 Å². The molecule has 0 saturated carbocycles. The molecule has 4 aromatic rings. The number of pyridine rings is 1. The number of anilines is 2. The number of nitrogen functional groups attached to an aromatic ring is 1. The molecule has 0 aliphatic rings. The number of carbonyl (C=O) groups is 1. The maximum Gasteiger partial charge on any atom is 0.321 e. The van der Waals surface area contributed by atoms with Crippen LogP contribution in [-0.2, 0) is 0 Å². The molecule has 0 spiro atoms. The Hall–Kier alpha value is -3.59. The van der Waals surface area contributed by atoms with E-state index in [-0.39, 0.29) is 12.0 Å². The van der Waals surface area contributed by atoms with E-state index in [4.69, 9.17) is 5.73 Å². The van der Waals surface area contributed by atoms with Gasteiger partial charge in [-0.2, -0.15) is 0 Å². The number of nitrogens with one attached hydrogen (secondary N) is 2. The predicted octanol–water partition coefficient (Wildman–Crippen LogP) is 3.54. The van der Waals surface area contributed by atoms with E-state index < -0.39 is 0 Å². The summed E-state index contributed by atoms with van der Waals surface area (Å²) < 4.78 is 0.924. The third-order valence-corrected chi connectivity index (χ3v) is 5.05. The SMILES string of the molecule is CCNC(=O)Nc1nc2cc(-c3cccnc3)cc(-c3cnc(N)nc3)c2s1. The van der Waals surface area contributed by atoms with E-state index >= 15 is 0 Å². The highest BCUT2D eigenvalue weighted by Crippen LogP contribution is 2.38. The minimum atomic E-state index is -0.286. The lowest BCUT2D eigenvalue weighted by Crippen LogP contribution is -2.28. The van der Waals surface area contributed by atoms with Gasteiger partial charge in [-0.05, 0) is 30.7 Å². The molecule has 2 amide bonds. The molecular formula is C19H17N7OS. The Kier molecular flexibility index (Phi) is 4.81. The summed E-state index contributed by atoms with van der Waals surface area (Å²) in [7, 11) is 0. The summed E-state index contributed by atoms with van der Waals surface area (Å²) in [6.45, 7) is 2.40. The highest BCUT2D eigenvalue weighted by atomic mass is 32.1. The molecule has 0 aliphatic heterocycles. The van der Waals surface area contributed by atoms with Crippen LogP contribution in [0.3, 0.4) is 0 Å². The summed E-state index contributed by atoms with van der Waals surface area (Å²) in [6.07, 6.45) is 6.89. The lowest BCUT2D eigenvalue weighted by Gasteiger charge is -2.07. The number of benzene rings is 1. The van der Waals surface area contributed by atoms with Gasteiger partial charge in [0.15, 0.2) is 5.13 Å². The predicted molar refractivity (Wildman–Crippen MR) is 111 cm³/mol. The van der Waals surface area contributed by atoms with Crippen LogP contribution in [0.5, 0.6) is 0 Å². The second-order valence-electron chi connectivity index (χ2n) is 5.95. The Balaban J connectivity index is 1.86. The zero-order chi connectivity index (χ0) is 19.5. The number of fused-ring (bicyclic) bond motifs is 1. The van der Waals surface area contributed by atoms with Crippen molar-refractivity contribution in [2.45, 2.75) is 6.92 Å². The van der Waals surface area contributed by atoms with Crippen molar-refractivity contribution >= 4 is 38.7 Å². The van der Waals surface area contributed by atoms with Crippen LogP contribution in [0, 0.1) is 0 Å². The normalized spacial score (nSPS) is 10.8. The van der Waals surface area contributed by atoms with Crippen molar-refractivity contribution in [1.29, 1.82) is 0 Å². The minimum Gasteiger partial charge on any atom is -0.368 e. The zero-order valence-electron chi connectivity index (χ0n) is 15.0. The van der Waals surface area contributed by atoms with Crippen molar-refractivity contribution in [2.75, 3.05) is 17.6 Å². The number of urea groups is 1. The number of hydrogen-bond acceptors (Lipinski definition) is 7. The average Bonchev–Trinajstić information content (AvgIpc) is 3.11. The number of nitrogens with two attached hydrogens (primary N) is 1. The largest absolute Gasteiger partial charge is 0.368 e. The second kappa shape index (κ2) is 7.57. The van der Waals surface area contributed by atoms with E-state index in [1.807, 2.05) is 31.2 Å². The molecule has 28 heavy (non-hydrogen) atoms. The lowest BCUT2D eigenvalue weighted by molar-refractivity contribution is 0.252. The topological polar surface area (TPSA) is 119 Å². The second-order valence-corrected chi connectivity index (χ2v) is 6.95. The molecule has 0 atom stereocenters. The summed E-state index contributed by atoms with van der Waals surface area (Å²) in [5, 5.41) is 5.99. The maximum atomic E-state index is 11.9. The average molecular weight is 391 g/mol. The van der Waals surface area contributed by atoms with Gasteiger partial charge in [-0.3, -0.25) is 10.3 Å². The van der Waals surface area contributed by atoms with Crippen LogP contribution in [0.2, 0.25) is 0 Å². The Morgan fingerprint density at radius 3 is 2.68 bits per heavy atom. The first-order valence-corrected chi connectivity index (χ1v) is 9.43. The van der Waals surface area contributed by atoms with Gasteiger partial charge in [-0.15, -0.1) is 0 Å². The fourth-order valence-electron chi connectivity index (χ4n) is 2.78. The van der Waals surface area contributed by atoms with Gasteiger partial charge in [-0.1, -0.05) is 17.4 Å². The monoisotopic (exact) mass is 391 g/mol. The molecule has 3 heterocycles. The zero-order valence-corrected chi connectivity index (χ0v) is 15.8. The number of carbonyl (C=O) groups excluding carboxylic acids is 1. The van der Waals surface area contributed by atoms with Crippen molar-refractivity contribution in [3.8, 4) is 22.3 Å². The molecular weight excluding hydrogens is 374 g/mol. The number of amides is 2. The molecule has 4 rings (SSSR count). The number of rotatable bonds is 4. The number of aromatic nitrogens is 4. The summed E-state index contributed by atoms with van der Waals surface area (Å²) >= 11 is 1.40. The van der Waals surface area contributed by atoms with E-state index in [0.29, 0.717) is 11.7 Å². The van der Waals surface area contributed by atoms with Crippen LogP contribution >= 0.6 is 11.3 Å². The van der Waals surface area contributed by atoms with E-state index in [1.54, 1.807) is 24.8 Å². The van der Waals surface area contributed by atoms with Gasteiger partial charge in [0.1, 0.15) is 0 Å². The molecule has 8 nitrogen and oxygen atoms in total. The van der Waals surface area contributed by atoms with Gasteiger partial charge in [0, 0.05) is 48.0 Å². The molecule has 0 fully saturated rings. The van der Waals surface area contributed by atoms with Crippen molar-refractivity contribution < 1.29 is 4.79 Å². The number of nitrogens with zero attached hydrogens (tertiary/aromatic N) is 4. The fourth-order valence-corrected chi connectivity index (χ4v) is 3.76. The molecule has 0 bridgehead atoms. The van der Waals surface area contributed by atoms with Crippen LogP contribution in [-0.4, -0.2) is 32.5 Å². The van der Waals surface area contributed by atoms with Gasteiger partial charge in [0.25, 0.3) is 0 Å². The van der Waals surface area contributed by atoms with Gasteiger partial charge in [0.05, 0.1) is 10.2 Å². The van der Waals surface area contributed by atoms with Gasteiger partial charge < -0.3 is 11.1 Å². The van der Waals surface area contributed by atoms with E-state index in [1.165, 1.54) is 11.3 Å². The van der Waals surface area contributed by atoms with Crippen molar-refractivity contribution in [3.63, 3.8) is 0 Å². The van der Waals surface area contributed by atoms with Crippen LogP contribution in [0.4, 0.5) is 15.9 Å². The van der Waals surface area contributed by atoms with Crippen molar-refractivity contribution in [1.82, 2.24) is 25.3 Å². The standard InChI is InChI=1S/C19H17N7OS/c1-2-22-18(27)26-19-25-15-7-12(11-4-3-5-21-8-11)6-14(16(15)28-19)13-9-23-17(20)24-10-13/h3-10H,2H2,1H3,(H2,20,23,24)(H2,22,25,26,27). The molecule has 4 N–H and O–H groups in total. The minimum absolute atomic E-state index is 0.214. The molecule has 0 aliphatic carbocycles. The summed E-state index contributed by atoms with van der Waals surface area (Å²) in [5.74, 6) is 0.214. The van der Waals surface area contributed by atoms with Gasteiger partial charge >= 0.3 is 6.03 Å². The highest BCUT2D eigenvalue weighted by Gasteiger charge is 2.15. The third-order valence-electron chi connectivity index (χ3n) is 4.03. The van der Waals surface area contributed by atoms with Gasteiger partial charge in [0.2, 0.25) is 5.95 Å². The summed E-state index contributed by atoms with van der Waals surface area (Å²) in [5.41, 5.74) is 10.1. The van der Waals surface area contributed by atoms with Gasteiger partial charge in [-0.25, -0.2) is 19.7 Å². The molecule has 0 unspecified atom stereocenters. The van der Waals surface area contributed by atoms with Crippen LogP contribution in [0.1, 0.15) is 6.92 Å². The Morgan fingerprint density at radius 2 is 1.96 bits per heavy atom. The Labute approximate surface area is 164 Å². The first-order chi connectivity index (χ1) is 13.6. The lowest BCUT2D eigenvalue weighted by atomic mass is 10.0. The first kappa shape index (κ1) is 17.8. The third kappa shape index (κ3) is 3.60. The molecule has 140 valence electrons. The first-order valence-electron chi connectivity index (χ1n) is 8.61. The molecule has 9 heteroatoms. The molecule has 0 saturated heterocycles. The van der Waals surface area contributed by atoms with E-state index in [0.717, 1.165) is 32.5 Å². The molecule has 1 aromatic carbocycles. The maximum absolute atomic E-state index is 11.9. The highest BCUT2D eigenvalue weighted by molar-refractivity contribution is 7.22. The Morgan fingerprint density at radius 1 is 1.14 bits per heavy atom. The van der Waals surface area contributed by atoms with E-state index in [2.05, 4.69) is 30.6 Å². The summed E-state index contributed by atoms with van der Waals surface area (Å²) in [4.78, 5) is 28.9. The van der Waals surface area contributed by atoms with Crippen molar-refractivity contribution in [3.05, 3.63) is 49.1 Å². The van der Waals surface area contributed by atoms with Crippen LogP contribution in [0.15, 0.2) is 49.1 Å². The molecule has 0 radical (unpaired) electrons. The molecule has 3 aromatic heterocycles. The quantitative estimate of drug-likeness (QED) is 0.490. The number of hydrogen-bond donors (Lipinski definition) is 3. The fraction of sp³-hybridized carbons (Fsp3) is 0.105. The smallest absolute Gasteiger partial charge is 0.321 e.